The molecule has 0 atom stereocenters. The second-order valence-corrected chi connectivity index (χ2v) is 5.39. The minimum atomic E-state index is -0.875. The van der Waals surface area contributed by atoms with Gasteiger partial charge in [0.15, 0.2) is 0 Å². The Balaban J connectivity index is 1.77. The van der Waals surface area contributed by atoms with Crippen molar-refractivity contribution in [2.24, 2.45) is 0 Å². The molecule has 23 heavy (non-hydrogen) atoms. The topological polar surface area (TPSA) is 78.4 Å². The largest absolute Gasteiger partial charge is 0.481 e. The van der Waals surface area contributed by atoms with Crippen molar-refractivity contribution in [2.45, 2.75) is 19.8 Å². The normalized spacial score (nSPS) is 10.1. The third kappa shape index (κ3) is 5.82. The smallest absolute Gasteiger partial charge is 0.319 e. The molecule has 0 radical (unpaired) electrons. The number of urea groups is 1. The number of nitrogens with one attached hydrogen (secondary N) is 2. The number of amides is 2. The van der Waals surface area contributed by atoms with Gasteiger partial charge in [-0.3, -0.25) is 4.79 Å². The Hall–Kier alpha value is -2.82. The lowest BCUT2D eigenvalue weighted by molar-refractivity contribution is -0.136. The van der Waals surface area contributed by atoms with Gasteiger partial charge in [0.1, 0.15) is 0 Å². The third-order valence-corrected chi connectivity index (χ3v) is 3.35. The number of carboxylic acid groups (broad SMARTS) is 1. The van der Waals surface area contributed by atoms with E-state index in [2.05, 4.69) is 16.7 Å². The SMILES string of the molecule is Cc1cccc(CCNC(=O)Nc2ccc(CC(=O)O)cc2)c1. The molecular weight excluding hydrogens is 292 g/mol. The van der Waals surface area contributed by atoms with Gasteiger partial charge in [-0.1, -0.05) is 42.0 Å². The Kier molecular flexibility index (Phi) is 5.74. The first kappa shape index (κ1) is 16.5. The zero-order valence-electron chi connectivity index (χ0n) is 13.0. The summed E-state index contributed by atoms with van der Waals surface area (Å²) in [6.45, 7) is 2.59. The summed E-state index contributed by atoms with van der Waals surface area (Å²) < 4.78 is 0. The van der Waals surface area contributed by atoms with Gasteiger partial charge in [-0.15, -0.1) is 0 Å². The lowest BCUT2D eigenvalue weighted by Gasteiger charge is -2.08. The Morgan fingerprint density at radius 2 is 1.78 bits per heavy atom. The highest BCUT2D eigenvalue weighted by molar-refractivity contribution is 5.89. The molecule has 2 aromatic carbocycles. The second kappa shape index (κ2) is 7.98. The van der Waals surface area contributed by atoms with Gasteiger partial charge in [0, 0.05) is 12.2 Å². The molecule has 0 aromatic heterocycles. The van der Waals surface area contributed by atoms with Gasteiger partial charge in [0.25, 0.3) is 0 Å². The minimum absolute atomic E-state index is 0.0248. The lowest BCUT2D eigenvalue weighted by Crippen LogP contribution is -2.30. The quantitative estimate of drug-likeness (QED) is 0.767. The molecular formula is C18H20N2O3. The Bertz CT molecular complexity index is 681. The Labute approximate surface area is 135 Å². The number of aryl methyl sites for hydroxylation is 1. The fraction of sp³-hybridized carbons (Fsp3) is 0.222. The van der Waals surface area contributed by atoms with Gasteiger partial charge < -0.3 is 15.7 Å². The molecule has 5 heteroatoms. The van der Waals surface area contributed by atoms with Crippen LogP contribution in [0.25, 0.3) is 0 Å². The molecule has 2 rings (SSSR count). The summed E-state index contributed by atoms with van der Waals surface area (Å²) in [4.78, 5) is 22.4. The maximum Gasteiger partial charge on any atom is 0.319 e. The maximum absolute atomic E-state index is 11.8. The molecule has 5 nitrogen and oxygen atoms in total. The summed E-state index contributed by atoms with van der Waals surface area (Å²) in [6, 6.07) is 14.7. The highest BCUT2D eigenvalue weighted by Crippen LogP contribution is 2.10. The number of hydrogen-bond acceptors (Lipinski definition) is 2. The zero-order valence-corrected chi connectivity index (χ0v) is 13.0. The van der Waals surface area contributed by atoms with E-state index < -0.39 is 5.97 Å². The van der Waals surface area contributed by atoms with E-state index in [1.165, 1.54) is 11.1 Å². The highest BCUT2D eigenvalue weighted by Gasteiger charge is 2.03. The summed E-state index contributed by atoms with van der Waals surface area (Å²) in [5.41, 5.74) is 3.71. The monoisotopic (exact) mass is 312 g/mol. The molecule has 0 heterocycles. The van der Waals surface area contributed by atoms with Gasteiger partial charge in [0.05, 0.1) is 6.42 Å². The molecule has 0 aliphatic rings. The predicted octanol–water partition coefficient (Wildman–Crippen LogP) is 2.99. The van der Waals surface area contributed by atoms with Crippen molar-refractivity contribution >= 4 is 17.7 Å². The van der Waals surface area contributed by atoms with Gasteiger partial charge in [-0.25, -0.2) is 4.79 Å². The second-order valence-electron chi connectivity index (χ2n) is 5.39. The summed E-state index contributed by atoms with van der Waals surface area (Å²) in [7, 11) is 0. The van der Waals surface area contributed by atoms with E-state index in [0.717, 1.165) is 6.42 Å². The third-order valence-electron chi connectivity index (χ3n) is 3.35. The van der Waals surface area contributed by atoms with Crippen molar-refractivity contribution in [1.82, 2.24) is 5.32 Å². The molecule has 0 unspecified atom stereocenters. The summed E-state index contributed by atoms with van der Waals surface area (Å²) in [6.07, 6.45) is 0.746. The molecule has 0 aliphatic carbocycles. The Morgan fingerprint density at radius 1 is 1.04 bits per heavy atom. The van der Waals surface area contributed by atoms with Gasteiger partial charge in [-0.05, 0) is 36.6 Å². The van der Waals surface area contributed by atoms with Crippen molar-refractivity contribution in [3.63, 3.8) is 0 Å². The Morgan fingerprint density at radius 3 is 2.43 bits per heavy atom. The van der Waals surface area contributed by atoms with Gasteiger partial charge in [-0.2, -0.15) is 0 Å². The van der Waals surface area contributed by atoms with E-state index in [-0.39, 0.29) is 12.5 Å². The van der Waals surface area contributed by atoms with Crippen LogP contribution in [0.15, 0.2) is 48.5 Å². The van der Waals surface area contributed by atoms with Crippen molar-refractivity contribution in [3.8, 4) is 0 Å². The number of carbonyl (C=O) groups excluding carboxylic acids is 1. The highest BCUT2D eigenvalue weighted by atomic mass is 16.4. The fourth-order valence-electron chi connectivity index (χ4n) is 2.24. The van der Waals surface area contributed by atoms with Crippen LogP contribution in [0.3, 0.4) is 0 Å². The summed E-state index contributed by atoms with van der Waals surface area (Å²) >= 11 is 0. The van der Waals surface area contributed by atoms with Crippen LogP contribution in [0.1, 0.15) is 16.7 Å². The van der Waals surface area contributed by atoms with Crippen molar-refractivity contribution in [3.05, 3.63) is 65.2 Å². The number of rotatable bonds is 6. The first-order valence-corrected chi connectivity index (χ1v) is 7.44. The fourth-order valence-corrected chi connectivity index (χ4v) is 2.24. The first-order chi connectivity index (χ1) is 11.0. The van der Waals surface area contributed by atoms with E-state index in [1.54, 1.807) is 24.3 Å². The molecule has 0 fully saturated rings. The number of carbonyl (C=O) groups is 2. The van der Waals surface area contributed by atoms with Crippen LogP contribution in [0.2, 0.25) is 0 Å². The lowest BCUT2D eigenvalue weighted by atomic mass is 10.1. The average Bonchev–Trinajstić information content (AvgIpc) is 2.49. The molecule has 3 N–H and O–H groups in total. The van der Waals surface area contributed by atoms with E-state index in [1.807, 2.05) is 25.1 Å². The molecule has 0 saturated heterocycles. The predicted molar refractivity (Wildman–Crippen MR) is 89.7 cm³/mol. The standard InChI is InChI=1S/C18H20N2O3/c1-13-3-2-4-14(11-13)9-10-19-18(23)20-16-7-5-15(6-8-16)12-17(21)22/h2-8,11H,9-10,12H2,1H3,(H,21,22)(H2,19,20,23). The van der Waals surface area contributed by atoms with E-state index in [0.29, 0.717) is 17.8 Å². The molecule has 0 spiro atoms. The summed E-state index contributed by atoms with van der Waals surface area (Å²) in [5.74, 6) is -0.875. The first-order valence-electron chi connectivity index (χ1n) is 7.44. The van der Waals surface area contributed by atoms with E-state index >= 15 is 0 Å². The number of hydrogen-bond donors (Lipinski definition) is 3. The molecule has 2 aromatic rings. The van der Waals surface area contributed by atoms with Gasteiger partial charge >= 0.3 is 12.0 Å². The number of aliphatic carboxylic acids is 1. The molecule has 0 aliphatic heterocycles. The number of anilines is 1. The minimum Gasteiger partial charge on any atom is -0.481 e. The van der Waals surface area contributed by atoms with Crippen LogP contribution in [-0.2, 0) is 17.6 Å². The summed E-state index contributed by atoms with van der Waals surface area (Å²) in [5, 5.41) is 14.2. The molecule has 120 valence electrons. The van der Waals surface area contributed by atoms with Crippen LogP contribution < -0.4 is 10.6 Å². The zero-order chi connectivity index (χ0) is 16.7. The van der Waals surface area contributed by atoms with Crippen molar-refractivity contribution in [1.29, 1.82) is 0 Å². The van der Waals surface area contributed by atoms with Crippen LogP contribution >= 0.6 is 0 Å². The van der Waals surface area contributed by atoms with Crippen LogP contribution in [0.5, 0.6) is 0 Å². The molecule has 0 bridgehead atoms. The van der Waals surface area contributed by atoms with Crippen molar-refractivity contribution in [2.75, 3.05) is 11.9 Å². The van der Waals surface area contributed by atoms with Crippen LogP contribution in [-0.4, -0.2) is 23.7 Å². The average molecular weight is 312 g/mol. The number of carboxylic acids is 1. The van der Waals surface area contributed by atoms with Crippen LogP contribution in [0, 0.1) is 6.92 Å². The van der Waals surface area contributed by atoms with E-state index in [4.69, 9.17) is 5.11 Å². The van der Waals surface area contributed by atoms with Gasteiger partial charge in [0.2, 0.25) is 0 Å². The van der Waals surface area contributed by atoms with Crippen LogP contribution in [0.4, 0.5) is 10.5 Å². The van der Waals surface area contributed by atoms with E-state index in [9.17, 15) is 9.59 Å². The molecule has 0 saturated carbocycles. The maximum atomic E-state index is 11.8. The molecule has 2 amide bonds. The van der Waals surface area contributed by atoms with Crippen molar-refractivity contribution < 1.29 is 14.7 Å². The number of benzene rings is 2.